The zero-order valence-electron chi connectivity index (χ0n) is 21.3. The van der Waals surface area contributed by atoms with Crippen molar-refractivity contribution in [3.8, 4) is 17.5 Å². The number of carbonyl (C=O) groups is 1. The van der Waals surface area contributed by atoms with E-state index in [1.165, 1.54) is 30.5 Å². The normalized spacial score (nSPS) is 17.6. The highest BCUT2D eigenvalue weighted by molar-refractivity contribution is 7.88. The van der Waals surface area contributed by atoms with Crippen LogP contribution in [0.2, 0.25) is 0 Å². The largest absolute Gasteiger partial charge is 0.387 e. The number of anilines is 1. The number of rotatable bonds is 8. The summed E-state index contributed by atoms with van der Waals surface area (Å²) in [4.78, 5) is 17.5. The van der Waals surface area contributed by atoms with Gasteiger partial charge in [0.05, 0.1) is 58.3 Å². The smallest absolute Gasteiger partial charge is 0.255 e. The molecule has 0 saturated carbocycles. The number of fused-ring (bicyclic) bond motifs is 1. The van der Waals surface area contributed by atoms with Gasteiger partial charge in [-0.3, -0.25) is 9.78 Å². The molecule has 1 fully saturated rings. The Kier molecular flexibility index (Phi) is 7.68. The Bertz CT molecular complexity index is 1490. The second-order valence-electron chi connectivity index (χ2n) is 9.96. The molecule has 3 N–H and O–H groups in total. The van der Waals surface area contributed by atoms with Crippen LogP contribution in [0.25, 0.3) is 16.9 Å². The Labute approximate surface area is 220 Å². The number of halogens is 1. The summed E-state index contributed by atoms with van der Waals surface area (Å²) in [7, 11) is -3.38. The molecule has 1 aliphatic heterocycles. The van der Waals surface area contributed by atoms with Gasteiger partial charge in [-0.15, -0.1) is 0 Å². The maximum Gasteiger partial charge on any atom is 0.255 e. The number of nitrogens with zero attached hydrogens (tertiary/aromatic N) is 5. The minimum atomic E-state index is -3.38. The quantitative estimate of drug-likeness (QED) is 0.390. The van der Waals surface area contributed by atoms with E-state index in [1.54, 1.807) is 28.8 Å². The van der Waals surface area contributed by atoms with Crippen LogP contribution in [0.1, 0.15) is 42.6 Å². The molecule has 1 amide bonds. The molecule has 1 aliphatic rings. The van der Waals surface area contributed by atoms with Crippen LogP contribution in [0.3, 0.4) is 0 Å². The average Bonchev–Trinajstić information content (AvgIpc) is 3.29. The van der Waals surface area contributed by atoms with Crippen molar-refractivity contribution in [1.29, 1.82) is 5.26 Å². The first-order valence-corrected chi connectivity index (χ1v) is 14.0. The molecule has 0 spiro atoms. The number of carbonyl (C=O) groups excluding carboxylic acids is 1. The average molecular weight is 544 g/mol. The fourth-order valence-electron chi connectivity index (χ4n) is 4.26. The lowest BCUT2D eigenvalue weighted by molar-refractivity contribution is -0.00177. The van der Waals surface area contributed by atoms with Crippen molar-refractivity contribution in [2.75, 3.05) is 31.2 Å². The minimum Gasteiger partial charge on any atom is -0.387 e. The van der Waals surface area contributed by atoms with Crippen LogP contribution in [-0.4, -0.2) is 82.0 Å². The number of amides is 1. The van der Waals surface area contributed by atoms with Gasteiger partial charge < -0.3 is 15.7 Å². The molecule has 4 rings (SSSR count). The number of aromatic nitrogens is 3. The Hall–Kier alpha value is -3.60. The first-order valence-electron chi connectivity index (χ1n) is 12.1. The fraction of sp³-hybridized carbons (Fsp3) is 0.440. The maximum atomic E-state index is 14.3. The number of hydrogen-bond donors (Lipinski definition) is 3. The van der Waals surface area contributed by atoms with Gasteiger partial charge in [-0.25, -0.2) is 21.6 Å². The zero-order chi connectivity index (χ0) is 27.7. The highest BCUT2D eigenvalue weighted by Crippen LogP contribution is 2.27. The third kappa shape index (κ3) is 6.09. The van der Waals surface area contributed by atoms with E-state index in [0.717, 1.165) is 6.26 Å². The van der Waals surface area contributed by atoms with E-state index in [-0.39, 0.29) is 18.2 Å². The number of piperidine rings is 1. The van der Waals surface area contributed by atoms with Gasteiger partial charge in [0.1, 0.15) is 12.2 Å². The predicted octanol–water partition coefficient (Wildman–Crippen LogP) is 1.94. The van der Waals surface area contributed by atoms with Crippen LogP contribution in [0.5, 0.6) is 0 Å². The van der Waals surface area contributed by atoms with Gasteiger partial charge in [-0.2, -0.15) is 10.4 Å². The van der Waals surface area contributed by atoms with Crippen molar-refractivity contribution in [3.05, 3.63) is 47.8 Å². The van der Waals surface area contributed by atoms with Crippen molar-refractivity contribution in [2.24, 2.45) is 0 Å². The summed E-state index contributed by atoms with van der Waals surface area (Å²) in [6.45, 7) is 2.89. The minimum absolute atomic E-state index is 0.147. The Balaban J connectivity index is 1.68. The van der Waals surface area contributed by atoms with Crippen molar-refractivity contribution in [2.45, 2.75) is 44.5 Å². The molecule has 1 saturated heterocycles. The van der Waals surface area contributed by atoms with Crippen LogP contribution in [0, 0.1) is 11.3 Å². The maximum absolute atomic E-state index is 14.3. The molecule has 1 unspecified atom stereocenters. The summed E-state index contributed by atoms with van der Waals surface area (Å²) < 4.78 is 41.5. The number of hydrogen-bond acceptors (Lipinski definition) is 8. The lowest BCUT2D eigenvalue weighted by atomic mass is 10.0. The molecule has 13 heteroatoms. The van der Waals surface area contributed by atoms with E-state index in [2.05, 4.69) is 26.8 Å². The second-order valence-corrected chi connectivity index (χ2v) is 11.9. The summed E-state index contributed by atoms with van der Waals surface area (Å²) in [6, 6.07) is 8.72. The Morgan fingerprint density at radius 3 is 2.79 bits per heavy atom. The van der Waals surface area contributed by atoms with E-state index in [1.807, 2.05) is 0 Å². The molecule has 202 valence electrons. The van der Waals surface area contributed by atoms with E-state index < -0.39 is 34.2 Å². The standard InChI is InChI=1S/C25H30FN7O4S/c1-25(2,35)23(26)14-29-24(34)19-13-28-21(22-7-6-18-9-16(11-27)12-30-33(18)22)10-20(19)31-17-5-4-8-32(15-17)38(3,36)37/h6-7,9-10,12-13,17,23,35H,4-5,8,14-15H2,1-3H3,(H,28,31)(H,29,34)/t17?,23-/m1/s1. The van der Waals surface area contributed by atoms with E-state index in [9.17, 15) is 22.7 Å². The van der Waals surface area contributed by atoms with Gasteiger partial charge in [-0.1, -0.05) is 0 Å². The lowest BCUT2D eigenvalue weighted by Crippen LogP contribution is -2.45. The van der Waals surface area contributed by atoms with Gasteiger partial charge >= 0.3 is 0 Å². The molecule has 2 atom stereocenters. The summed E-state index contributed by atoms with van der Waals surface area (Å²) in [5.74, 6) is -0.592. The van der Waals surface area contributed by atoms with Crippen LogP contribution < -0.4 is 10.6 Å². The zero-order valence-corrected chi connectivity index (χ0v) is 22.2. The summed E-state index contributed by atoms with van der Waals surface area (Å²) >= 11 is 0. The van der Waals surface area contributed by atoms with Crippen LogP contribution in [0.4, 0.5) is 10.1 Å². The predicted molar refractivity (Wildman–Crippen MR) is 140 cm³/mol. The molecule has 38 heavy (non-hydrogen) atoms. The Morgan fingerprint density at radius 1 is 1.34 bits per heavy atom. The third-order valence-corrected chi connectivity index (χ3v) is 7.73. The molecule has 11 nitrogen and oxygen atoms in total. The van der Waals surface area contributed by atoms with Crippen LogP contribution in [0.15, 0.2) is 36.7 Å². The molecule has 0 bridgehead atoms. The van der Waals surface area contributed by atoms with Crippen molar-refractivity contribution in [1.82, 2.24) is 24.2 Å². The third-order valence-electron chi connectivity index (χ3n) is 6.46. The summed E-state index contributed by atoms with van der Waals surface area (Å²) in [6.07, 6.45) is 3.61. The molecule has 3 aromatic rings. The summed E-state index contributed by atoms with van der Waals surface area (Å²) in [5, 5.41) is 29.1. The highest BCUT2D eigenvalue weighted by Gasteiger charge is 2.29. The molecule has 0 aromatic carbocycles. The van der Waals surface area contributed by atoms with E-state index in [4.69, 9.17) is 5.26 Å². The van der Waals surface area contributed by atoms with Crippen molar-refractivity contribution >= 4 is 27.1 Å². The molecular weight excluding hydrogens is 513 g/mol. The van der Waals surface area contributed by atoms with Gasteiger partial charge in [0.15, 0.2) is 0 Å². The van der Waals surface area contributed by atoms with Gasteiger partial charge in [0.2, 0.25) is 10.0 Å². The Morgan fingerprint density at radius 2 is 2.11 bits per heavy atom. The number of pyridine rings is 1. The number of aliphatic hydroxyl groups is 1. The molecule has 0 radical (unpaired) electrons. The fourth-order valence-corrected chi connectivity index (χ4v) is 5.17. The number of nitriles is 1. The topological polar surface area (TPSA) is 153 Å². The SMILES string of the molecule is CC(C)(O)[C@H](F)CNC(=O)c1cnc(-c2ccc3cc(C#N)cnn23)cc1NC1CCCN(S(C)(=O)=O)C1. The number of sulfonamides is 1. The molecule has 3 aromatic heterocycles. The molecular formula is C25H30FN7O4S. The summed E-state index contributed by atoms with van der Waals surface area (Å²) in [5.41, 5.74) is 1.12. The first-order chi connectivity index (χ1) is 17.9. The number of alkyl halides is 1. The molecule has 4 heterocycles. The number of nitrogens with one attached hydrogen (secondary N) is 2. The van der Waals surface area contributed by atoms with Gasteiger partial charge in [0, 0.05) is 25.3 Å². The monoisotopic (exact) mass is 543 g/mol. The second kappa shape index (κ2) is 10.6. The van der Waals surface area contributed by atoms with Crippen molar-refractivity contribution < 1.29 is 22.7 Å². The van der Waals surface area contributed by atoms with E-state index in [0.29, 0.717) is 47.5 Å². The van der Waals surface area contributed by atoms with Crippen LogP contribution in [-0.2, 0) is 10.0 Å². The van der Waals surface area contributed by atoms with Gasteiger partial charge in [0.25, 0.3) is 5.91 Å². The van der Waals surface area contributed by atoms with E-state index >= 15 is 0 Å². The highest BCUT2D eigenvalue weighted by atomic mass is 32.2. The first kappa shape index (κ1) is 27.4. The lowest BCUT2D eigenvalue weighted by Gasteiger charge is -2.32. The van der Waals surface area contributed by atoms with Crippen LogP contribution >= 0.6 is 0 Å². The van der Waals surface area contributed by atoms with Gasteiger partial charge in [-0.05, 0) is 51.0 Å². The molecule has 0 aliphatic carbocycles. The van der Waals surface area contributed by atoms with Crippen molar-refractivity contribution in [3.63, 3.8) is 0 Å².